The minimum Gasteiger partial charge on any atom is -0.310 e. The van der Waals surface area contributed by atoms with E-state index < -0.39 is 0 Å². The maximum absolute atomic E-state index is 3.62. The van der Waals surface area contributed by atoms with Crippen LogP contribution in [0.3, 0.4) is 0 Å². The van der Waals surface area contributed by atoms with E-state index in [9.17, 15) is 0 Å². The van der Waals surface area contributed by atoms with Crippen LogP contribution >= 0.6 is 0 Å². The summed E-state index contributed by atoms with van der Waals surface area (Å²) < 4.78 is 0. The zero-order chi connectivity index (χ0) is 13.5. The molecule has 2 rings (SSSR count). The lowest BCUT2D eigenvalue weighted by Crippen LogP contribution is -2.27. The van der Waals surface area contributed by atoms with Gasteiger partial charge in [-0.25, -0.2) is 0 Å². The highest BCUT2D eigenvalue weighted by Gasteiger charge is 2.16. The molecule has 1 heteroatoms. The molecule has 0 bridgehead atoms. The van der Waals surface area contributed by atoms with Crippen LogP contribution in [0.4, 0.5) is 0 Å². The molecule has 0 aliphatic carbocycles. The maximum atomic E-state index is 3.62. The Morgan fingerprint density at radius 2 is 1.89 bits per heavy atom. The molecule has 0 radical (unpaired) electrons. The summed E-state index contributed by atoms with van der Waals surface area (Å²) in [5, 5.41) is 3.62. The van der Waals surface area contributed by atoms with E-state index >= 15 is 0 Å². The Morgan fingerprint density at radius 3 is 2.39 bits per heavy atom. The first-order valence-electron chi connectivity index (χ1n) is 7.52. The van der Waals surface area contributed by atoms with E-state index in [-0.39, 0.29) is 0 Å². The van der Waals surface area contributed by atoms with Crippen molar-refractivity contribution >= 4 is 0 Å². The first-order chi connectivity index (χ1) is 8.68. The van der Waals surface area contributed by atoms with Crippen molar-refractivity contribution in [2.75, 3.05) is 6.54 Å². The summed E-state index contributed by atoms with van der Waals surface area (Å²) in [6.45, 7) is 11.9. The normalized spacial score (nSPS) is 19.3. The average Bonchev–Trinajstić information content (AvgIpc) is 2.42. The van der Waals surface area contributed by atoms with Gasteiger partial charge in [-0.1, -0.05) is 52.3 Å². The minimum atomic E-state index is 0.593. The molecule has 102 valence electrons. The Bertz CT molecular complexity index is 349. The number of rotatable bonds is 2. The molecule has 0 aromatic heterocycles. The Kier molecular flexibility index (Phi) is 6.42. The van der Waals surface area contributed by atoms with Gasteiger partial charge in [0.15, 0.2) is 0 Å². The van der Waals surface area contributed by atoms with E-state index in [0.29, 0.717) is 12.0 Å². The van der Waals surface area contributed by atoms with E-state index in [2.05, 4.69) is 44.3 Å². The predicted octanol–water partition coefficient (Wildman–Crippen LogP) is 4.96. The summed E-state index contributed by atoms with van der Waals surface area (Å²) in [7, 11) is 0. The molecule has 0 spiro atoms. The van der Waals surface area contributed by atoms with Crippen LogP contribution in [0.5, 0.6) is 0 Å². The summed E-state index contributed by atoms with van der Waals surface area (Å²) >= 11 is 0. The summed E-state index contributed by atoms with van der Waals surface area (Å²) in [5.74, 6) is 0.632. The molecule has 18 heavy (non-hydrogen) atoms. The second kappa shape index (κ2) is 7.58. The van der Waals surface area contributed by atoms with Crippen molar-refractivity contribution in [3.05, 3.63) is 34.9 Å². The molecule has 1 nitrogen and oxygen atoms in total. The van der Waals surface area contributed by atoms with E-state index in [1.54, 1.807) is 0 Å². The SMILES string of the molecule is CC.Cc1cc(C(C)C)ccc1C1CCCCN1. The molecule has 1 aliphatic rings. The molecule has 0 amide bonds. The number of hydrogen-bond donors (Lipinski definition) is 1. The molecule has 1 N–H and O–H groups in total. The van der Waals surface area contributed by atoms with Gasteiger partial charge < -0.3 is 5.32 Å². The average molecular weight is 247 g/mol. The number of benzene rings is 1. The summed E-state index contributed by atoms with van der Waals surface area (Å²) in [6, 6.07) is 7.57. The standard InChI is InChI=1S/C15H23N.C2H6/c1-11(2)13-7-8-14(12(3)10-13)15-6-4-5-9-16-15;1-2/h7-8,10-11,15-16H,4-6,9H2,1-3H3;1-2H3. The summed E-state index contributed by atoms with van der Waals surface area (Å²) in [6.07, 6.45) is 3.99. The molecule has 1 heterocycles. The molecule has 1 aliphatic heterocycles. The van der Waals surface area contributed by atoms with Crippen LogP contribution in [-0.2, 0) is 0 Å². The van der Waals surface area contributed by atoms with Gasteiger partial charge in [-0.2, -0.15) is 0 Å². The van der Waals surface area contributed by atoms with E-state index in [4.69, 9.17) is 0 Å². The van der Waals surface area contributed by atoms with Crippen molar-refractivity contribution < 1.29 is 0 Å². The summed E-state index contributed by atoms with van der Waals surface area (Å²) in [5.41, 5.74) is 4.41. The van der Waals surface area contributed by atoms with Gasteiger partial charge in [-0.3, -0.25) is 0 Å². The molecular formula is C17H29N. The van der Waals surface area contributed by atoms with Gasteiger partial charge in [-0.15, -0.1) is 0 Å². The number of hydrogen-bond acceptors (Lipinski definition) is 1. The van der Waals surface area contributed by atoms with Crippen molar-refractivity contribution in [3.63, 3.8) is 0 Å². The van der Waals surface area contributed by atoms with Crippen molar-refractivity contribution in [1.82, 2.24) is 5.32 Å². The first-order valence-corrected chi connectivity index (χ1v) is 7.52. The van der Waals surface area contributed by atoms with Gasteiger partial charge in [0.1, 0.15) is 0 Å². The lowest BCUT2D eigenvalue weighted by atomic mass is 9.91. The molecular weight excluding hydrogens is 218 g/mol. The third kappa shape index (κ3) is 3.84. The minimum absolute atomic E-state index is 0.593. The van der Waals surface area contributed by atoms with Crippen LogP contribution in [0.1, 0.15) is 75.6 Å². The van der Waals surface area contributed by atoms with Crippen LogP contribution in [-0.4, -0.2) is 6.54 Å². The van der Waals surface area contributed by atoms with Gasteiger partial charge in [0, 0.05) is 6.04 Å². The predicted molar refractivity (Wildman–Crippen MR) is 81.2 cm³/mol. The van der Waals surface area contributed by atoms with Crippen LogP contribution < -0.4 is 5.32 Å². The quantitative estimate of drug-likeness (QED) is 0.779. The van der Waals surface area contributed by atoms with Crippen molar-refractivity contribution in [2.24, 2.45) is 0 Å². The largest absolute Gasteiger partial charge is 0.310 e. The topological polar surface area (TPSA) is 12.0 Å². The molecule has 1 unspecified atom stereocenters. The third-order valence-corrected chi connectivity index (χ3v) is 3.65. The lowest BCUT2D eigenvalue weighted by molar-refractivity contribution is 0.411. The molecule has 1 aromatic carbocycles. The Balaban J connectivity index is 0.000000771. The van der Waals surface area contributed by atoms with Gasteiger partial charge in [0.25, 0.3) is 0 Å². The third-order valence-electron chi connectivity index (χ3n) is 3.65. The second-order valence-corrected chi connectivity index (χ2v) is 5.27. The van der Waals surface area contributed by atoms with Gasteiger partial charge >= 0.3 is 0 Å². The van der Waals surface area contributed by atoms with E-state index in [1.807, 2.05) is 13.8 Å². The monoisotopic (exact) mass is 247 g/mol. The Labute approximate surface area is 113 Å². The Hall–Kier alpha value is -0.820. The van der Waals surface area contributed by atoms with Gasteiger partial charge in [-0.05, 0) is 48.9 Å². The fraction of sp³-hybridized carbons (Fsp3) is 0.647. The zero-order valence-corrected chi connectivity index (χ0v) is 12.7. The molecule has 1 saturated heterocycles. The van der Waals surface area contributed by atoms with Crippen molar-refractivity contribution in [3.8, 4) is 0 Å². The van der Waals surface area contributed by atoms with Crippen LogP contribution in [0.2, 0.25) is 0 Å². The molecule has 1 aromatic rings. The number of piperidine rings is 1. The van der Waals surface area contributed by atoms with Crippen molar-refractivity contribution in [1.29, 1.82) is 0 Å². The maximum Gasteiger partial charge on any atom is 0.0322 e. The lowest BCUT2D eigenvalue weighted by Gasteiger charge is -2.25. The van der Waals surface area contributed by atoms with Crippen LogP contribution in [0, 0.1) is 6.92 Å². The van der Waals surface area contributed by atoms with Gasteiger partial charge in [0.2, 0.25) is 0 Å². The highest BCUT2D eigenvalue weighted by molar-refractivity contribution is 5.34. The van der Waals surface area contributed by atoms with E-state index in [0.717, 1.165) is 0 Å². The zero-order valence-electron chi connectivity index (χ0n) is 12.7. The number of aryl methyl sites for hydroxylation is 1. The molecule has 0 saturated carbocycles. The van der Waals surface area contributed by atoms with E-state index in [1.165, 1.54) is 42.5 Å². The smallest absolute Gasteiger partial charge is 0.0322 e. The molecule has 1 fully saturated rings. The highest BCUT2D eigenvalue weighted by Crippen LogP contribution is 2.27. The highest BCUT2D eigenvalue weighted by atomic mass is 14.9. The second-order valence-electron chi connectivity index (χ2n) is 5.27. The Morgan fingerprint density at radius 1 is 1.17 bits per heavy atom. The summed E-state index contributed by atoms with van der Waals surface area (Å²) in [4.78, 5) is 0. The van der Waals surface area contributed by atoms with Gasteiger partial charge in [0.05, 0.1) is 0 Å². The van der Waals surface area contributed by atoms with Crippen molar-refractivity contribution in [2.45, 2.75) is 65.8 Å². The van der Waals surface area contributed by atoms with Crippen LogP contribution in [0.25, 0.3) is 0 Å². The fourth-order valence-electron chi connectivity index (χ4n) is 2.57. The molecule has 1 atom stereocenters. The first kappa shape index (κ1) is 15.2. The fourth-order valence-corrected chi connectivity index (χ4v) is 2.57. The van der Waals surface area contributed by atoms with Crippen LogP contribution in [0.15, 0.2) is 18.2 Å². The number of nitrogens with one attached hydrogen (secondary N) is 1.